The summed E-state index contributed by atoms with van der Waals surface area (Å²) >= 11 is 1.53. The van der Waals surface area contributed by atoms with Gasteiger partial charge in [0, 0.05) is 28.2 Å². The van der Waals surface area contributed by atoms with Gasteiger partial charge in [-0.1, -0.05) is 29.8 Å². The Morgan fingerprint density at radius 1 is 1.15 bits per heavy atom. The lowest BCUT2D eigenvalue weighted by atomic mass is 10.1. The number of aryl methyl sites for hydroxylation is 4. The van der Waals surface area contributed by atoms with Crippen LogP contribution in [0.5, 0.6) is 0 Å². The third-order valence-electron chi connectivity index (χ3n) is 4.41. The molecule has 0 atom stereocenters. The first kappa shape index (κ1) is 19.0. The molecule has 2 heterocycles. The standard InChI is InChI=1S/C21H23N3O2S/c1-12-5-7-16(8-6-12)20-18(27-15(4)24-20)10-19(25)22-11-17-13(2)9-14(3)23-21(17)26/h5-9H,10-11H2,1-4H3,(H,22,25)(H,23,26). The van der Waals surface area contributed by atoms with Gasteiger partial charge in [-0.25, -0.2) is 4.98 Å². The van der Waals surface area contributed by atoms with E-state index in [0.717, 1.165) is 32.4 Å². The molecule has 0 aliphatic heterocycles. The van der Waals surface area contributed by atoms with Gasteiger partial charge in [-0.15, -0.1) is 11.3 Å². The van der Waals surface area contributed by atoms with Crippen LogP contribution in [0.2, 0.25) is 0 Å². The van der Waals surface area contributed by atoms with Gasteiger partial charge in [-0.3, -0.25) is 9.59 Å². The quantitative estimate of drug-likeness (QED) is 0.709. The maximum absolute atomic E-state index is 12.5. The van der Waals surface area contributed by atoms with Crippen molar-refractivity contribution in [2.24, 2.45) is 0 Å². The highest BCUT2D eigenvalue weighted by Crippen LogP contribution is 2.28. The fourth-order valence-corrected chi connectivity index (χ4v) is 3.98. The second-order valence-corrected chi connectivity index (χ2v) is 8.05. The van der Waals surface area contributed by atoms with Gasteiger partial charge in [-0.2, -0.15) is 0 Å². The summed E-state index contributed by atoms with van der Waals surface area (Å²) in [5, 5.41) is 3.80. The van der Waals surface area contributed by atoms with Crippen molar-refractivity contribution in [3.8, 4) is 11.3 Å². The Morgan fingerprint density at radius 3 is 2.52 bits per heavy atom. The Morgan fingerprint density at radius 2 is 1.85 bits per heavy atom. The number of pyridine rings is 1. The molecule has 1 aromatic carbocycles. The molecule has 140 valence electrons. The van der Waals surface area contributed by atoms with Gasteiger partial charge >= 0.3 is 0 Å². The van der Waals surface area contributed by atoms with E-state index in [1.54, 1.807) is 0 Å². The monoisotopic (exact) mass is 381 g/mol. The van der Waals surface area contributed by atoms with E-state index in [4.69, 9.17) is 0 Å². The maximum atomic E-state index is 12.5. The lowest BCUT2D eigenvalue weighted by Gasteiger charge is -2.08. The van der Waals surface area contributed by atoms with Crippen LogP contribution in [0.4, 0.5) is 0 Å². The summed E-state index contributed by atoms with van der Waals surface area (Å²) in [4.78, 5) is 32.9. The fourth-order valence-electron chi connectivity index (χ4n) is 3.02. The number of aromatic nitrogens is 2. The lowest BCUT2D eigenvalue weighted by Crippen LogP contribution is -2.28. The largest absolute Gasteiger partial charge is 0.351 e. The molecule has 0 saturated carbocycles. The van der Waals surface area contributed by atoms with E-state index < -0.39 is 0 Å². The molecule has 0 aliphatic carbocycles. The predicted molar refractivity (Wildman–Crippen MR) is 109 cm³/mol. The molecule has 1 amide bonds. The zero-order chi connectivity index (χ0) is 19.6. The van der Waals surface area contributed by atoms with Crippen LogP contribution in [0.25, 0.3) is 11.3 Å². The molecule has 0 aliphatic rings. The zero-order valence-corrected chi connectivity index (χ0v) is 16.8. The second kappa shape index (κ2) is 7.88. The van der Waals surface area contributed by atoms with Gasteiger partial charge in [0.25, 0.3) is 5.56 Å². The first-order chi connectivity index (χ1) is 12.8. The van der Waals surface area contributed by atoms with Crippen LogP contribution in [0.3, 0.4) is 0 Å². The van der Waals surface area contributed by atoms with Crippen LogP contribution in [-0.2, 0) is 17.8 Å². The minimum Gasteiger partial charge on any atom is -0.351 e. The van der Waals surface area contributed by atoms with E-state index in [-0.39, 0.29) is 24.4 Å². The summed E-state index contributed by atoms with van der Waals surface area (Å²) in [7, 11) is 0. The Hall–Kier alpha value is -2.73. The summed E-state index contributed by atoms with van der Waals surface area (Å²) in [6, 6.07) is 10.0. The number of hydrogen-bond acceptors (Lipinski definition) is 4. The van der Waals surface area contributed by atoms with Crippen molar-refractivity contribution in [1.82, 2.24) is 15.3 Å². The van der Waals surface area contributed by atoms with Crippen molar-refractivity contribution in [2.75, 3.05) is 0 Å². The molecule has 0 unspecified atom stereocenters. The Bertz CT molecular complexity index is 1030. The molecular weight excluding hydrogens is 358 g/mol. The lowest BCUT2D eigenvalue weighted by molar-refractivity contribution is -0.120. The first-order valence-electron chi connectivity index (χ1n) is 8.83. The van der Waals surface area contributed by atoms with E-state index in [0.29, 0.717) is 5.56 Å². The Kier molecular flexibility index (Phi) is 5.56. The highest BCUT2D eigenvalue weighted by molar-refractivity contribution is 7.12. The number of carbonyl (C=O) groups is 1. The molecule has 2 aromatic heterocycles. The topological polar surface area (TPSA) is 74.8 Å². The Balaban J connectivity index is 1.74. The molecule has 2 N–H and O–H groups in total. The van der Waals surface area contributed by atoms with Crippen molar-refractivity contribution in [1.29, 1.82) is 0 Å². The van der Waals surface area contributed by atoms with Crippen LogP contribution < -0.4 is 10.9 Å². The minimum atomic E-state index is -0.151. The number of benzene rings is 1. The molecule has 5 nitrogen and oxygen atoms in total. The number of nitrogens with one attached hydrogen (secondary N) is 2. The molecular formula is C21H23N3O2S. The number of nitrogens with zero attached hydrogens (tertiary/aromatic N) is 1. The van der Waals surface area contributed by atoms with E-state index in [1.807, 2.05) is 58.0 Å². The van der Waals surface area contributed by atoms with Gasteiger partial charge in [0.15, 0.2) is 0 Å². The molecule has 27 heavy (non-hydrogen) atoms. The normalized spacial score (nSPS) is 10.8. The SMILES string of the molecule is Cc1ccc(-c2nc(C)sc2CC(=O)NCc2c(C)cc(C)[nH]c2=O)cc1. The highest BCUT2D eigenvalue weighted by Gasteiger charge is 2.15. The van der Waals surface area contributed by atoms with Crippen LogP contribution in [0, 0.1) is 27.7 Å². The fraction of sp³-hybridized carbons (Fsp3) is 0.286. The number of H-pyrrole nitrogens is 1. The molecule has 0 saturated heterocycles. The van der Waals surface area contributed by atoms with Gasteiger partial charge in [0.05, 0.1) is 17.1 Å². The molecule has 3 rings (SSSR count). The summed E-state index contributed by atoms with van der Waals surface area (Å²) in [6.07, 6.45) is 0.248. The van der Waals surface area contributed by atoms with Crippen molar-refractivity contribution < 1.29 is 4.79 Å². The van der Waals surface area contributed by atoms with E-state index in [1.165, 1.54) is 16.9 Å². The van der Waals surface area contributed by atoms with Gasteiger partial charge in [0.2, 0.25) is 5.91 Å². The van der Waals surface area contributed by atoms with E-state index in [9.17, 15) is 9.59 Å². The summed E-state index contributed by atoms with van der Waals surface area (Å²) in [6.45, 7) is 7.93. The van der Waals surface area contributed by atoms with Gasteiger partial charge in [-0.05, 0) is 39.3 Å². The van der Waals surface area contributed by atoms with Crippen LogP contribution in [0.1, 0.15) is 32.3 Å². The molecule has 0 bridgehead atoms. The van der Waals surface area contributed by atoms with Crippen LogP contribution in [0.15, 0.2) is 35.1 Å². The predicted octanol–water partition coefficient (Wildman–Crippen LogP) is 3.59. The van der Waals surface area contributed by atoms with Gasteiger partial charge < -0.3 is 10.3 Å². The zero-order valence-electron chi connectivity index (χ0n) is 16.0. The average molecular weight is 382 g/mol. The summed E-state index contributed by atoms with van der Waals surface area (Å²) in [5.41, 5.74) is 5.19. The smallest absolute Gasteiger partial charge is 0.253 e. The van der Waals surface area contributed by atoms with Crippen molar-refractivity contribution >= 4 is 17.2 Å². The number of amides is 1. The second-order valence-electron chi connectivity index (χ2n) is 6.77. The first-order valence-corrected chi connectivity index (χ1v) is 9.64. The minimum absolute atomic E-state index is 0.119. The highest BCUT2D eigenvalue weighted by atomic mass is 32.1. The molecule has 0 radical (unpaired) electrons. The third-order valence-corrected chi connectivity index (χ3v) is 5.38. The van der Waals surface area contributed by atoms with Gasteiger partial charge in [0.1, 0.15) is 0 Å². The van der Waals surface area contributed by atoms with E-state index in [2.05, 4.69) is 15.3 Å². The molecule has 0 spiro atoms. The Labute approximate surface area is 162 Å². The average Bonchev–Trinajstić information content (AvgIpc) is 2.94. The van der Waals surface area contributed by atoms with Crippen LogP contribution in [-0.4, -0.2) is 15.9 Å². The van der Waals surface area contributed by atoms with E-state index >= 15 is 0 Å². The maximum Gasteiger partial charge on any atom is 0.253 e. The molecule has 0 fully saturated rings. The molecule has 3 aromatic rings. The van der Waals surface area contributed by atoms with Crippen molar-refractivity contribution in [3.05, 3.63) is 73.0 Å². The summed E-state index contributed by atoms with van der Waals surface area (Å²) < 4.78 is 0. The number of aromatic amines is 1. The number of rotatable bonds is 5. The number of thiazole rings is 1. The molecule has 6 heteroatoms. The number of hydrogen-bond donors (Lipinski definition) is 2. The van der Waals surface area contributed by atoms with Crippen molar-refractivity contribution in [3.63, 3.8) is 0 Å². The third kappa shape index (κ3) is 4.52. The summed E-state index contributed by atoms with van der Waals surface area (Å²) in [5.74, 6) is -0.119. The van der Waals surface area contributed by atoms with Crippen molar-refractivity contribution in [2.45, 2.75) is 40.7 Å². The number of carbonyl (C=O) groups excluding carboxylic acids is 1. The van der Waals surface area contributed by atoms with Crippen LogP contribution >= 0.6 is 11.3 Å².